The third-order valence-electron chi connectivity index (χ3n) is 3.83. The maximum absolute atomic E-state index is 12.4. The number of carbonyl (C=O) groups is 1. The Labute approximate surface area is 139 Å². The van der Waals surface area contributed by atoms with Gasteiger partial charge in [-0.15, -0.1) is 6.42 Å². The molecule has 124 valence electrons. The highest BCUT2D eigenvalue weighted by Gasteiger charge is 2.30. The van der Waals surface area contributed by atoms with E-state index in [4.69, 9.17) is 11.2 Å². The lowest BCUT2D eigenvalue weighted by Crippen LogP contribution is -2.48. The van der Waals surface area contributed by atoms with E-state index in [1.165, 1.54) is 0 Å². The number of rotatable bonds is 3. The molecule has 23 heavy (non-hydrogen) atoms. The molecule has 0 bridgehead atoms. The fourth-order valence-electron chi connectivity index (χ4n) is 2.73. The maximum atomic E-state index is 12.4. The Balaban J connectivity index is 1.98. The van der Waals surface area contributed by atoms with Gasteiger partial charge < -0.3 is 15.0 Å². The van der Waals surface area contributed by atoms with Gasteiger partial charge >= 0.3 is 6.09 Å². The van der Waals surface area contributed by atoms with Crippen LogP contribution in [0.15, 0.2) is 24.3 Å². The first-order chi connectivity index (χ1) is 10.9. The van der Waals surface area contributed by atoms with Crippen LogP contribution in [0.2, 0.25) is 0 Å². The Morgan fingerprint density at radius 2 is 2.22 bits per heavy atom. The lowest BCUT2D eigenvalue weighted by Gasteiger charge is -2.37. The van der Waals surface area contributed by atoms with Crippen molar-refractivity contribution in [1.82, 2.24) is 4.90 Å². The smallest absolute Gasteiger partial charge is 0.410 e. The minimum absolute atomic E-state index is 0.146. The minimum Gasteiger partial charge on any atom is -0.444 e. The molecule has 0 spiro atoms. The lowest BCUT2D eigenvalue weighted by atomic mass is 10.0. The number of amides is 1. The highest BCUT2D eigenvalue weighted by atomic mass is 16.6. The van der Waals surface area contributed by atoms with Crippen molar-refractivity contribution in [3.8, 4) is 12.3 Å². The largest absolute Gasteiger partial charge is 0.444 e. The summed E-state index contributed by atoms with van der Waals surface area (Å²) in [5, 5.41) is 3.39. The predicted octanol–water partition coefficient (Wildman–Crippen LogP) is 3.87. The molecule has 1 saturated heterocycles. The van der Waals surface area contributed by atoms with E-state index in [0.29, 0.717) is 6.54 Å². The van der Waals surface area contributed by atoms with Crippen LogP contribution in [0.5, 0.6) is 0 Å². The first-order valence-electron chi connectivity index (χ1n) is 8.19. The van der Waals surface area contributed by atoms with Crippen molar-refractivity contribution in [3.63, 3.8) is 0 Å². The van der Waals surface area contributed by atoms with Crippen LogP contribution >= 0.6 is 0 Å². The monoisotopic (exact) mass is 314 g/mol. The number of likely N-dealkylation sites (tertiary alicyclic amines) is 1. The van der Waals surface area contributed by atoms with E-state index in [9.17, 15) is 4.79 Å². The molecule has 1 atom stereocenters. The lowest BCUT2D eigenvalue weighted by molar-refractivity contribution is 0.0114. The van der Waals surface area contributed by atoms with Gasteiger partial charge in [0.15, 0.2) is 0 Å². The van der Waals surface area contributed by atoms with Crippen LogP contribution in [0.3, 0.4) is 0 Å². The molecule has 4 nitrogen and oxygen atoms in total. The molecule has 1 aromatic rings. The molecular formula is C19H26N2O2. The Hall–Kier alpha value is -2.15. The second-order valence-electron chi connectivity index (χ2n) is 6.93. The number of nitrogens with zero attached hydrogens (tertiary/aromatic N) is 1. The summed E-state index contributed by atoms with van der Waals surface area (Å²) in [6, 6.07) is 7.92. The van der Waals surface area contributed by atoms with E-state index >= 15 is 0 Å². The number of piperidine rings is 1. The molecular weight excluding hydrogens is 288 g/mol. The van der Waals surface area contributed by atoms with Gasteiger partial charge in [0.25, 0.3) is 0 Å². The molecule has 1 aliphatic rings. The van der Waals surface area contributed by atoms with E-state index in [1.54, 1.807) is 0 Å². The fraction of sp³-hybridized carbons (Fsp3) is 0.526. The van der Waals surface area contributed by atoms with Crippen molar-refractivity contribution in [3.05, 3.63) is 29.8 Å². The van der Waals surface area contributed by atoms with Crippen LogP contribution in [0, 0.1) is 12.3 Å². The van der Waals surface area contributed by atoms with Gasteiger partial charge in [-0.05, 0) is 58.2 Å². The second-order valence-corrected chi connectivity index (χ2v) is 6.93. The second kappa shape index (κ2) is 7.41. The van der Waals surface area contributed by atoms with Crippen LogP contribution in [0.4, 0.5) is 10.5 Å². The molecule has 1 fully saturated rings. The number of hydrogen-bond donors (Lipinski definition) is 1. The number of benzene rings is 1. The number of nitrogens with one attached hydrogen (secondary N) is 1. The van der Waals surface area contributed by atoms with Crippen molar-refractivity contribution in [1.29, 1.82) is 0 Å². The first-order valence-corrected chi connectivity index (χ1v) is 8.19. The van der Waals surface area contributed by atoms with Gasteiger partial charge in [0.1, 0.15) is 5.60 Å². The number of ether oxygens (including phenoxy) is 1. The maximum Gasteiger partial charge on any atom is 0.410 e. The van der Waals surface area contributed by atoms with Crippen LogP contribution in [-0.4, -0.2) is 35.7 Å². The third-order valence-corrected chi connectivity index (χ3v) is 3.83. The molecule has 1 heterocycles. The summed E-state index contributed by atoms with van der Waals surface area (Å²) in [4.78, 5) is 14.2. The van der Waals surface area contributed by atoms with Crippen molar-refractivity contribution in [2.75, 3.05) is 18.4 Å². The van der Waals surface area contributed by atoms with Gasteiger partial charge in [-0.25, -0.2) is 4.79 Å². The Kier molecular flexibility index (Phi) is 5.54. The molecule has 2 rings (SSSR count). The van der Waals surface area contributed by atoms with Gasteiger partial charge in [0.2, 0.25) is 0 Å². The molecule has 0 radical (unpaired) electrons. The number of carbonyl (C=O) groups excluding carboxylic acids is 1. The van der Waals surface area contributed by atoms with Crippen molar-refractivity contribution in [2.24, 2.45) is 0 Å². The van der Waals surface area contributed by atoms with Gasteiger partial charge in [0.05, 0.1) is 6.04 Å². The molecule has 1 N–H and O–H groups in total. The first kappa shape index (κ1) is 17.2. The molecule has 0 saturated carbocycles. The normalized spacial score (nSPS) is 18.2. The summed E-state index contributed by atoms with van der Waals surface area (Å²) in [6.45, 7) is 7.15. The Morgan fingerprint density at radius 3 is 2.91 bits per heavy atom. The van der Waals surface area contributed by atoms with Crippen molar-refractivity contribution < 1.29 is 9.53 Å². The van der Waals surface area contributed by atoms with Gasteiger partial charge in [-0.2, -0.15) is 0 Å². The summed E-state index contributed by atoms with van der Waals surface area (Å²) in [5.74, 6) is 2.63. The fourth-order valence-corrected chi connectivity index (χ4v) is 2.73. The third kappa shape index (κ3) is 5.21. The summed E-state index contributed by atoms with van der Waals surface area (Å²) >= 11 is 0. The minimum atomic E-state index is -0.465. The van der Waals surface area contributed by atoms with Crippen LogP contribution < -0.4 is 5.32 Å². The number of hydrogen-bond acceptors (Lipinski definition) is 3. The van der Waals surface area contributed by atoms with Crippen LogP contribution in [0.25, 0.3) is 0 Å². The molecule has 1 aliphatic heterocycles. The topological polar surface area (TPSA) is 41.6 Å². The predicted molar refractivity (Wildman–Crippen MR) is 93.4 cm³/mol. The zero-order valence-corrected chi connectivity index (χ0v) is 14.3. The molecule has 0 aliphatic carbocycles. The average molecular weight is 314 g/mol. The van der Waals surface area contributed by atoms with E-state index in [0.717, 1.165) is 37.1 Å². The molecule has 4 heteroatoms. The van der Waals surface area contributed by atoms with Crippen molar-refractivity contribution in [2.45, 2.75) is 51.7 Å². The standard InChI is InChI=1S/C19H26N2O2/c1-5-15-9-8-10-16(13-15)20-14-17-11-6-7-12-21(17)18(22)23-19(2,3)4/h1,8-10,13,17,20H,6-7,11-12,14H2,2-4H3. The van der Waals surface area contributed by atoms with E-state index in [1.807, 2.05) is 49.9 Å². The number of anilines is 1. The quantitative estimate of drug-likeness (QED) is 0.861. The van der Waals surface area contributed by atoms with E-state index in [2.05, 4.69) is 11.2 Å². The van der Waals surface area contributed by atoms with Crippen molar-refractivity contribution >= 4 is 11.8 Å². The zero-order chi connectivity index (χ0) is 16.9. The number of terminal acetylenes is 1. The molecule has 0 aromatic heterocycles. The summed E-state index contributed by atoms with van der Waals surface area (Å²) in [5.41, 5.74) is 1.37. The summed E-state index contributed by atoms with van der Waals surface area (Å²) < 4.78 is 5.53. The summed E-state index contributed by atoms with van der Waals surface area (Å²) in [7, 11) is 0. The molecule has 1 aromatic carbocycles. The zero-order valence-electron chi connectivity index (χ0n) is 14.3. The summed E-state index contributed by atoms with van der Waals surface area (Å²) in [6.07, 6.45) is 8.36. The van der Waals surface area contributed by atoms with Gasteiger partial charge in [-0.1, -0.05) is 12.0 Å². The Bertz CT molecular complexity index is 584. The van der Waals surface area contributed by atoms with E-state index < -0.39 is 5.60 Å². The van der Waals surface area contributed by atoms with Crippen LogP contribution in [-0.2, 0) is 4.74 Å². The Morgan fingerprint density at radius 1 is 1.43 bits per heavy atom. The van der Waals surface area contributed by atoms with Crippen LogP contribution in [0.1, 0.15) is 45.6 Å². The highest BCUT2D eigenvalue weighted by molar-refractivity contribution is 5.68. The molecule has 1 amide bonds. The highest BCUT2D eigenvalue weighted by Crippen LogP contribution is 2.21. The SMILES string of the molecule is C#Cc1cccc(NCC2CCCCN2C(=O)OC(C)(C)C)c1. The van der Waals surface area contributed by atoms with E-state index in [-0.39, 0.29) is 12.1 Å². The van der Waals surface area contributed by atoms with Gasteiger partial charge in [-0.3, -0.25) is 0 Å². The van der Waals surface area contributed by atoms with Gasteiger partial charge in [0, 0.05) is 24.3 Å². The molecule has 1 unspecified atom stereocenters. The average Bonchev–Trinajstić information content (AvgIpc) is 2.52.